The Morgan fingerprint density at radius 2 is 2.05 bits per heavy atom. The van der Waals surface area contributed by atoms with E-state index in [4.69, 9.17) is 10.5 Å². The summed E-state index contributed by atoms with van der Waals surface area (Å²) in [4.78, 5) is 0.364. The summed E-state index contributed by atoms with van der Waals surface area (Å²) in [6.07, 6.45) is 4.08. The van der Waals surface area contributed by atoms with Gasteiger partial charge in [-0.1, -0.05) is 12.8 Å². The number of rotatable bonds is 2. The molecule has 2 unspecified atom stereocenters. The van der Waals surface area contributed by atoms with Crippen LogP contribution < -0.4 is 5.73 Å². The Kier molecular flexibility index (Phi) is 3.94. The minimum atomic E-state index is -3.48. The highest BCUT2D eigenvalue weighted by Gasteiger charge is 2.41. The Balaban J connectivity index is 1.96. The molecule has 5 nitrogen and oxygen atoms in total. The van der Waals surface area contributed by atoms with Gasteiger partial charge in [0.15, 0.2) is 0 Å². The molecule has 1 saturated heterocycles. The molecule has 2 fully saturated rings. The van der Waals surface area contributed by atoms with E-state index in [2.05, 4.69) is 0 Å². The van der Waals surface area contributed by atoms with Crippen molar-refractivity contribution in [3.63, 3.8) is 0 Å². The lowest BCUT2D eigenvalue weighted by Crippen LogP contribution is -2.54. The average Bonchev–Trinajstić information content (AvgIpc) is 2.46. The van der Waals surface area contributed by atoms with Gasteiger partial charge in [0, 0.05) is 12.2 Å². The summed E-state index contributed by atoms with van der Waals surface area (Å²) in [6.45, 7) is 2.71. The van der Waals surface area contributed by atoms with Gasteiger partial charge in [0.2, 0.25) is 10.0 Å². The summed E-state index contributed by atoms with van der Waals surface area (Å²) >= 11 is 0. The van der Waals surface area contributed by atoms with Crippen molar-refractivity contribution in [2.24, 2.45) is 0 Å². The fourth-order valence-corrected chi connectivity index (χ4v) is 5.32. The summed E-state index contributed by atoms with van der Waals surface area (Å²) in [5.41, 5.74) is 7.02. The lowest BCUT2D eigenvalue weighted by molar-refractivity contribution is -0.0586. The van der Waals surface area contributed by atoms with Gasteiger partial charge in [-0.15, -0.1) is 0 Å². The van der Waals surface area contributed by atoms with E-state index in [-0.39, 0.29) is 12.1 Å². The first-order chi connectivity index (χ1) is 10.00. The maximum Gasteiger partial charge on any atom is 0.243 e. The van der Waals surface area contributed by atoms with E-state index in [1.54, 1.807) is 29.4 Å². The topological polar surface area (TPSA) is 72.6 Å². The highest BCUT2D eigenvalue weighted by molar-refractivity contribution is 7.89. The minimum Gasteiger partial charge on any atom is -0.399 e. The molecule has 0 aromatic heterocycles. The molecule has 3 rings (SSSR count). The number of ether oxygens (including phenoxy) is 1. The number of nitrogens with two attached hydrogens (primary N) is 1. The van der Waals surface area contributed by atoms with Crippen LogP contribution in [0.4, 0.5) is 5.69 Å². The Morgan fingerprint density at radius 3 is 2.81 bits per heavy atom. The standard InChI is InChI=1S/C15H22N2O3S/c1-11-10-12(16)6-7-15(11)21(18,19)17-8-9-20-14-5-3-2-4-13(14)17/h6-7,10,13-14H,2-5,8-9,16H2,1H3. The number of fused-ring (bicyclic) bond motifs is 1. The second-order valence-electron chi connectivity index (χ2n) is 5.90. The quantitative estimate of drug-likeness (QED) is 0.847. The number of anilines is 1. The molecule has 1 heterocycles. The third-order valence-corrected chi connectivity index (χ3v) is 6.55. The molecule has 0 bridgehead atoms. The van der Waals surface area contributed by atoms with Crippen molar-refractivity contribution in [2.45, 2.75) is 49.6 Å². The van der Waals surface area contributed by atoms with Crippen LogP contribution in [0.25, 0.3) is 0 Å². The Hall–Kier alpha value is -1.11. The predicted molar refractivity (Wildman–Crippen MR) is 81.5 cm³/mol. The van der Waals surface area contributed by atoms with Crippen LogP contribution in [0.5, 0.6) is 0 Å². The molecule has 1 saturated carbocycles. The molecule has 0 amide bonds. The smallest absolute Gasteiger partial charge is 0.243 e. The van der Waals surface area contributed by atoms with Crippen LogP contribution in [0.1, 0.15) is 31.2 Å². The van der Waals surface area contributed by atoms with E-state index in [1.807, 2.05) is 0 Å². The molecular formula is C15H22N2O3S. The van der Waals surface area contributed by atoms with Gasteiger partial charge in [-0.25, -0.2) is 8.42 Å². The van der Waals surface area contributed by atoms with E-state index in [9.17, 15) is 8.42 Å². The van der Waals surface area contributed by atoms with Crippen LogP contribution >= 0.6 is 0 Å². The molecule has 1 aromatic rings. The molecule has 0 radical (unpaired) electrons. The van der Waals surface area contributed by atoms with Crippen LogP contribution in [0.15, 0.2) is 23.1 Å². The third-order valence-electron chi connectivity index (χ3n) is 4.47. The molecular weight excluding hydrogens is 288 g/mol. The number of sulfonamides is 1. The first kappa shape index (κ1) is 14.8. The molecule has 1 aliphatic heterocycles. The Morgan fingerprint density at radius 1 is 1.29 bits per heavy atom. The van der Waals surface area contributed by atoms with Crippen LogP contribution in [-0.4, -0.2) is 38.0 Å². The molecule has 1 aliphatic carbocycles. The lowest BCUT2D eigenvalue weighted by atomic mass is 9.91. The maximum atomic E-state index is 13.0. The molecule has 6 heteroatoms. The minimum absolute atomic E-state index is 0.0190. The number of benzene rings is 1. The summed E-state index contributed by atoms with van der Waals surface area (Å²) in [5, 5.41) is 0. The summed E-state index contributed by atoms with van der Waals surface area (Å²) in [5.74, 6) is 0. The van der Waals surface area contributed by atoms with Crippen LogP contribution in [0.3, 0.4) is 0 Å². The van der Waals surface area contributed by atoms with Gasteiger partial charge in [0.05, 0.1) is 23.6 Å². The van der Waals surface area contributed by atoms with Gasteiger partial charge < -0.3 is 10.5 Å². The number of morpholine rings is 1. The number of hydrogen-bond acceptors (Lipinski definition) is 4. The Labute approximate surface area is 126 Å². The Bertz CT molecular complexity index is 628. The summed E-state index contributed by atoms with van der Waals surface area (Å²) in [7, 11) is -3.48. The number of nitrogen functional groups attached to an aromatic ring is 1. The first-order valence-electron chi connectivity index (χ1n) is 7.50. The molecule has 2 N–H and O–H groups in total. The molecule has 1 aromatic carbocycles. The van der Waals surface area contributed by atoms with Crippen LogP contribution in [-0.2, 0) is 14.8 Å². The molecule has 2 atom stereocenters. The SMILES string of the molecule is Cc1cc(N)ccc1S(=O)(=O)N1CCOC2CCCCC21. The fourth-order valence-electron chi connectivity index (χ4n) is 3.45. The van der Waals surface area contributed by atoms with E-state index >= 15 is 0 Å². The van der Waals surface area contributed by atoms with E-state index in [0.717, 1.165) is 25.7 Å². The zero-order valence-corrected chi connectivity index (χ0v) is 13.1. The second kappa shape index (κ2) is 5.59. The van der Waals surface area contributed by atoms with Gasteiger partial charge in [-0.05, 0) is 43.5 Å². The van der Waals surface area contributed by atoms with Crippen molar-refractivity contribution in [1.82, 2.24) is 4.31 Å². The largest absolute Gasteiger partial charge is 0.399 e. The van der Waals surface area contributed by atoms with E-state index in [1.165, 1.54) is 0 Å². The normalized spacial score (nSPS) is 27.3. The predicted octanol–water partition coefficient (Wildman–Crippen LogP) is 1.91. The molecule has 2 aliphatic rings. The summed E-state index contributed by atoms with van der Waals surface area (Å²) in [6, 6.07) is 4.96. The van der Waals surface area contributed by atoms with Crippen LogP contribution in [0, 0.1) is 6.92 Å². The molecule has 0 spiro atoms. The van der Waals surface area contributed by atoms with Crippen LogP contribution in [0.2, 0.25) is 0 Å². The fraction of sp³-hybridized carbons (Fsp3) is 0.600. The third kappa shape index (κ3) is 2.67. The van der Waals surface area contributed by atoms with Gasteiger partial charge >= 0.3 is 0 Å². The second-order valence-corrected chi connectivity index (χ2v) is 7.76. The van der Waals surface area contributed by atoms with Crippen molar-refractivity contribution >= 4 is 15.7 Å². The lowest BCUT2D eigenvalue weighted by Gasteiger charge is -2.42. The van der Waals surface area contributed by atoms with E-state index < -0.39 is 10.0 Å². The zero-order chi connectivity index (χ0) is 15.0. The first-order valence-corrected chi connectivity index (χ1v) is 8.94. The average molecular weight is 310 g/mol. The molecule has 116 valence electrons. The highest BCUT2D eigenvalue weighted by Crippen LogP contribution is 2.33. The number of nitrogens with zero attached hydrogens (tertiary/aromatic N) is 1. The van der Waals surface area contributed by atoms with Gasteiger partial charge in [-0.2, -0.15) is 4.31 Å². The van der Waals surface area contributed by atoms with Gasteiger partial charge in [0.1, 0.15) is 0 Å². The van der Waals surface area contributed by atoms with Crippen molar-refractivity contribution in [3.05, 3.63) is 23.8 Å². The van der Waals surface area contributed by atoms with Gasteiger partial charge in [0.25, 0.3) is 0 Å². The maximum absolute atomic E-state index is 13.0. The number of hydrogen-bond donors (Lipinski definition) is 1. The van der Waals surface area contributed by atoms with Crippen molar-refractivity contribution in [3.8, 4) is 0 Å². The molecule has 21 heavy (non-hydrogen) atoms. The van der Waals surface area contributed by atoms with Gasteiger partial charge in [-0.3, -0.25) is 0 Å². The number of aryl methyl sites for hydroxylation is 1. The van der Waals surface area contributed by atoms with Crippen molar-refractivity contribution in [1.29, 1.82) is 0 Å². The monoisotopic (exact) mass is 310 g/mol. The summed E-state index contributed by atoms with van der Waals surface area (Å²) < 4.78 is 33.4. The van der Waals surface area contributed by atoms with Crippen molar-refractivity contribution in [2.75, 3.05) is 18.9 Å². The zero-order valence-electron chi connectivity index (χ0n) is 12.3. The van der Waals surface area contributed by atoms with Crippen molar-refractivity contribution < 1.29 is 13.2 Å². The highest BCUT2D eigenvalue weighted by atomic mass is 32.2. The van der Waals surface area contributed by atoms with E-state index in [0.29, 0.717) is 29.3 Å².